The molecule has 5 heterocycles. The first kappa shape index (κ1) is 55.8. The molecule has 0 bridgehead atoms. The van der Waals surface area contributed by atoms with Crippen LogP contribution in [0.1, 0.15) is 123 Å². The predicted octanol–water partition coefficient (Wildman–Crippen LogP) is 5.04. The number of carbonyl (C=O) groups excluding carboxylic acids is 4. The van der Waals surface area contributed by atoms with Gasteiger partial charge in [-0.25, -0.2) is 19.6 Å². The van der Waals surface area contributed by atoms with E-state index >= 15 is 0 Å². The molecule has 0 radical (unpaired) electrons. The molecule has 0 aliphatic carbocycles. The highest BCUT2D eigenvalue weighted by atomic mass is 32.1. The van der Waals surface area contributed by atoms with Gasteiger partial charge in [0.15, 0.2) is 23.1 Å². The van der Waals surface area contributed by atoms with Gasteiger partial charge in [-0.1, -0.05) is 70.2 Å². The van der Waals surface area contributed by atoms with Gasteiger partial charge in [0.1, 0.15) is 34.4 Å². The van der Waals surface area contributed by atoms with Crippen molar-refractivity contribution in [3.05, 3.63) is 52.9 Å². The number of aromatic nitrogens is 6. The number of unbranched alkanes of at least 4 members (excludes halogenated alkanes) is 4. The number of fused-ring (bicyclic) bond motifs is 1. The Hall–Kier alpha value is -6.47. The van der Waals surface area contributed by atoms with E-state index in [4.69, 9.17) is 20.1 Å². The van der Waals surface area contributed by atoms with E-state index < -0.39 is 29.2 Å². The summed E-state index contributed by atoms with van der Waals surface area (Å²) in [6.07, 6.45) is 7.04. The predicted molar refractivity (Wildman–Crippen MR) is 279 cm³/mol. The van der Waals surface area contributed by atoms with Gasteiger partial charge in [-0.15, -0.1) is 11.3 Å². The third kappa shape index (κ3) is 15.8. The number of imidazole rings is 1. The van der Waals surface area contributed by atoms with E-state index in [1.165, 1.54) is 4.90 Å². The van der Waals surface area contributed by atoms with E-state index in [-0.39, 0.29) is 61.1 Å². The number of aliphatic hydroxyl groups excluding tert-OH is 1. The highest BCUT2D eigenvalue weighted by molar-refractivity contribution is 7.13. The molecule has 8 N–H and O–H groups in total. The van der Waals surface area contributed by atoms with E-state index in [1.807, 2.05) is 69.0 Å². The number of β-amino-alcohol motifs (C(OH)–C–C–N with tert-alkyl or cyclic N) is 1. The van der Waals surface area contributed by atoms with Gasteiger partial charge in [-0.2, -0.15) is 0 Å². The Kier molecular flexibility index (Phi) is 19.9. The molecule has 1 fully saturated rings. The molecule has 1 aliphatic heterocycles. The zero-order valence-electron chi connectivity index (χ0n) is 43.2. The third-order valence-electron chi connectivity index (χ3n) is 12.4. The molecule has 73 heavy (non-hydrogen) atoms. The maximum atomic E-state index is 14.0. The molecule has 3 atom stereocenters. The van der Waals surface area contributed by atoms with Crippen LogP contribution < -0.4 is 31.7 Å². The lowest BCUT2D eigenvalue weighted by Crippen LogP contribution is -2.57. The topological polar surface area (TPSA) is 278 Å². The Morgan fingerprint density at radius 2 is 1.67 bits per heavy atom. The van der Waals surface area contributed by atoms with Gasteiger partial charge in [-0.05, 0) is 99.2 Å². The number of ether oxygens (including phenoxy) is 1. The fourth-order valence-corrected chi connectivity index (χ4v) is 9.32. The largest absolute Gasteiger partial charge is 0.490 e. The van der Waals surface area contributed by atoms with Crippen molar-refractivity contribution in [2.45, 2.75) is 150 Å². The number of pyridine rings is 1. The number of nitrogen functional groups attached to an aromatic ring is 1. The Morgan fingerprint density at radius 1 is 0.945 bits per heavy atom. The van der Waals surface area contributed by atoms with Crippen molar-refractivity contribution < 1.29 is 38.8 Å². The summed E-state index contributed by atoms with van der Waals surface area (Å²) in [6, 6.07) is 6.16. The lowest BCUT2D eigenvalue weighted by Gasteiger charge is -2.35. The second kappa shape index (κ2) is 26.0. The van der Waals surface area contributed by atoms with Crippen LogP contribution in [0.3, 0.4) is 0 Å². The first-order valence-electron chi connectivity index (χ1n) is 25.2. The highest BCUT2D eigenvalue weighted by Crippen LogP contribution is 2.34. The van der Waals surface area contributed by atoms with Crippen LogP contribution in [0.15, 0.2) is 40.6 Å². The Balaban J connectivity index is 0.827. The molecule has 1 aliphatic rings. The number of nitrogens with two attached hydrogens (primary N) is 1. The van der Waals surface area contributed by atoms with Gasteiger partial charge in [0.2, 0.25) is 23.6 Å². The van der Waals surface area contributed by atoms with Crippen molar-refractivity contribution in [3.63, 3.8) is 0 Å². The van der Waals surface area contributed by atoms with Crippen LogP contribution in [0, 0.1) is 24.2 Å². The molecule has 394 valence electrons. The molecule has 20 nitrogen and oxygen atoms in total. The Morgan fingerprint density at radius 3 is 2.36 bits per heavy atom. The van der Waals surface area contributed by atoms with Gasteiger partial charge in [0, 0.05) is 45.4 Å². The first-order valence-corrected chi connectivity index (χ1v) is 26.1. The van der Waals surface area contributed by atoms with Crippen molar-refractivity contribution in [1.29, 1.82) is 0 Å². The fraction of sp³-hybridized carbons (Fsp3) is 0.558. The average Bonchev–Trinajstić information content (AvgIpc) is 4.16. The normalized spacial score (nSPS) is 15.2. The zero-order chi connectivity index (χ0) is 52.7. The SMILES string of the molecule is CCn1c(-c2nonc2N)nc2c(C#CC(C)(C)O)ncc(OCCCNCCCC(=O)NCCCCCCCC(=O)NC(C(=O)N3CC(O)CC3C(=O)NCc3ccc(-c4scnc4C)cc3)C(C)(C)C)c21. The summed E-state index contributed by atoms with van der Waals surface area (Å²) in [4.78, 5) is 69.2. The number of anilines is 1. The average molecular weight is 1030 g/mol. The molecule has 3 unspecified atom stereocenters. The molecular formula is C52H72N12O8S. The van der Waals surface area contributed by atoms with Crippen LogP contribution in [-0.2, 0) is 32.3 Å². The molecule has 4 amide bonds. The Labute approximate surface area is 431 Å². The number of aliphatic hydroxyl groups is 2. The monoisotopic (exact) mass is 1020 g/mol. The molecule has 21 heteroatoms. The minimum atomic E-state index is -1.23. The molecular weight excluding hydrogens is 953 g/mol. The van der Waals surface area contributed by atoms with E-state index in [9.17, 15) is 29.4 Å². The second-order valence-electron chi connectivity index (χ2n) is 20.0. The number of carbonyl (C=O) groups is 4. The molecule has 0 saturated carbocycles. The Bertz CT molecular complexity index is 2710. The third-order valence-corrected chi connectivity index (χ3v) is 13.4. The molecule has 1 aromatic carbocycles. The van der Waals surface area contributed by atoms with Crippen LogP contribution in [0.5, 0.6) is 5.75 Å². The van der Waals surface area contributed by atoms with Crippen molar-refractivity contribution >= 4 is 51.8 Å². The van der Waals surface area contributed by atoms with Crippen molar-refractivity contribution in [2.24, 2.45) is 5.41 Å². The number of thiazole rings is 1. The molecule has 5 aromatic rings. The van der Waals surface area contributed by atoms with Crippen molar-refractivity contribution in [2.75, 3.05) is 38.5 Å². The number of nitrogens with one attached hydrogen (secondary N) is 4. The number of nitrogens with zero attached hydrogens (tertiary/aromatic N) is 7. The number of aryl methyl sites for hydroxylation is 2. The van der Waals surface area contributed by atoms with Gasteiger partial charge in [0.25, 0.3) is 0 Å². The van der Waals surface area contributed by atoms with E-state index in [0.29, 0.717) is 86.8 Å². The number of hydrogen-bond acceptors (Lipinski definition) is 16. The highest BCUT2D eigenvalue weighted by Gasteiger charge is 2.44. The number of rotatable bonds is 25. The summed E-state index contributed by atoms with van der Waals surface area (Å²) in [5, 5.41) is 40.7. The van der Waals surface area contributed by atoms with Crippen molar-refractivity contribution in [3.8, 4) is 39.5 Å². The summed E-state index contributed by atoms with van der Waals surface area (Å²) >= 11 is 1.58. The maximum absolute atomic E-state index is 14.0. The quantitative estimate of drug-likeness (QED) is 0.0298. The molecule has 6 rings (SSSR count). The summed E-state index contributed by atoms with van der Waals surface area (Å²) < 4.78 is 12.9. The van der Waals surface area contributed by atoms with Gasteiger partial charge >= 0.3 is 0 Å². The lowest BCUT2D eigenvalue weighted by molar-refractivity contribution is -0.144. The summed E-state index contributed by atoms with van der Waals surface area (Å²) in [7, 11) is 0. The number of hydrogen-bond donors (Lipinski definition) is 7. The number of benzene rings is 1. The van der Waals surface area contributed by atoms with Gasteiger partial charge < -0.3 is 51.4 Å². The fourth-order valence-electron chi connectivity index (χ4n) is 8.51. The minimum absolute atomic E-state index is 0.00608. The van der Waals surface area contributed by atoms with Gasteiger partial charge in [0.05, 0.1) is 35.0 Å². The molecule has 4 aromatic heterocycles. The standard InChI is InChI=1S/C52H72N12O8S/c1-8-63-44-39(30-56-37(22-23-52(6,7)70)42(44)60-48(63)43-47(53)62-72-61-43)71-27-15-25-54-24-14-17-40(66)55-26-13-11-9-10-12-16-41(67)59-46(51(3,4)5)50(69)64-31-36(65)28-38(64)49(68)57-29-34-18-20-35(21-19-34)45-33(2)58-32-73-45/h18-21,30,32,36,38,46,54,65,70H,8-17,24-29,31H2,1-7H3,(H2,53,62)(H,55,66)(H,57,68)(H,59,67). The summed E-state index contributed by atoms with van der Waals surface area (Å²) in [6.45, 7) is 15.8. The number of amides is 4. The van der Waals surface area contributed by atoms with Gasteiger partial charge in [-0.3, -0.25) is 19.2 Å². The minimum Gasteiger partial charge on any atom is -0.490 e. The van der Waals surface area contributed by atoms with E-state index in [1.54, 1.807) is 31.4 Å². The van der Waals surface area contributed by atoms with Crippen LogP contribution >= 0.6 is 11.3 Å². The molecule has 1 saturated heterocycles. The van der Waals surface area contributed by atoms with E-state index in [0.717, 1.165) is 47.4 Å². The molecule has 0 spiro atoms. The maximum Gasteiger partial charge on any atom is 0.246 e. The van der Waals surface area contributed by atoms with Crippen LogP contribution in [0.2, 0.25) is 0 Å². The zero-order valence-corrected chi connectivity index (χ0v) is 44.0. The lowest BCUT2D eigenvalue weighted by atomic mass is 9.85. The van der Waals surface area contributed by atoms with Crippen LogP contribution in [0.4, 0.5) is 5.82 Å². The first-order chi connectivity index (χ1) is 34.8. The van der Waals surface area contributed by atoms with E-state index in [2.05, 4.69) is 53.4 Å². The smallest absolute Gasteiger partial charge is 0.246 e. The van der Waals surface area contributed by atoms with Crippen LogP contribution in [0.25, 0.3) is 33.0 Å². The number of likely N-dealkylation sites (tertiary alicyclic amines) is 1. The van der Waals surface area contributed by atoms with Crippen LogP contribution in [-0.4, -0.2) is 125 Å². The summed E-state index contributed by atoms with van der Waals surface area (Å²) in [5.74, 6) is 5.80. The van der Waals surface area contributed by atoms with Crippen molar-refractivity contribution in [1.82, 2.24) is 56.0 Å². The summed E-state index contributed by atoms with van der Waals surface area (Å²) in [5.41, 5.74) is 10.7. The second-order valence-corrected chi connectivity index (χ2v) is 20.9.